The minimum absolute atomic E-state index is 0.150. The molecule has 0 bridgehead atoms. The van der Waals surface area contributed by atoms with Crippen molar-refractivity contribution >= 4 is 11.7 Å². The van der Waals surface area contributed by atoms with Gasteiger partial charge in [0.05, 0.1) is 13.5 Å². The van der Waals surface area contributed by atoms with Gasteiger partial charge in [0.25, 0.3) is 0 Å². The predicted octanol–water partition coefficient (Wildman–Crippen LogP) is 1.73. The van der Waals surface area contributed by atoms with Crippen molar-refractivity contribution in [3.63, 3.8) is 0 Å². The molecule has 4 nitrogen and oxygen atoms in total. The van der Waals surface area contributed by atoms with Gasteiger partial charge in [0, 0.05) is 24.8 Å². The largest absolute Gasteiger partial charge is 0.469 e. The number of carbonyl (C=O) groups excluding carboxylic acids is 1. The van der Waals surface area contributed by atoms with E-state index in [1.54, 1.807) is 0 Å². The van der Waals surface area contributed by atoms with E-state index in [2.05, 4.69) is 41.4 Å². The maximum absolute atomic E-state index is 11.4. The molecule has 19 heavy (non-hydrogen) atoms. The first-order valence-electron chi connectivity index (χ1n) is 6.81. The Morgan fingerprint density at radius 3 is 2.84 bits per heavy atom. The highest BCUT2D eigenvalue weighted by molar-refractivity contribution is 5.70. The first-order chi connectivity index (χ1) is 9.19. The molecule has 0 saturated carbocycles. The molecular weight excluding hydrogens is 240 g/mol. The lowest BCUT2D eigenvalue weighted by molar-refractivity contribution is -0.141. The molecule has 1 atom stereocenters. The van der Waals surface area contributed by atoms with Crippen LogP contribution in [-0.2, 0) is 9.53 Å². The summed E-state index contributed by atoms with van der Waals surface area (Å²) >= 11 is 0. The molecule has 0 spiro atoms. The lowest BCUT2D eigenvalue weighted by atomic mass is 10.1. The molecule has 1 saturated heterocycles. The molecule has 1 heterocycles. The average molecular weight is 262 g/mol. The summed E-state index contributed by atoms with van der Waals surface area (Å²) in [7, 11) is 1.44. The Balaban J connectivity index is 2.03. The third-order valence-electron chi connectivity index (χ3n) is 3.52. The Hall–Kier alpha value is -1.55. The molecule has 4 heteroatoms. The molecule has 0 amide bonds. The number of nitrogens with zero attached hydrogens (tertiary/aromatic N) is 1. The molecule has 1 aliphatic rings. The summed E-state index contributed by atoms with van der Waals surface area (Å²) in [5.41, 5.74) is 2.49. The van der Waals surface area contributed by atoms with Crippen LogP contribution in [0, 0.1) is 6.92 Å². The second-order valence-corrected chi connectivity index (χ2v) is 5.07. The molecule has 1 unspecified atom stereocenters. The van der Waals surface area contributed by atoms with Crippen LogP contribution in [0.15, 0.2) is 24.3 Å². The third kappa shape index (κ3) is 3.96. The van der Waals surface area contributed by atoms with E-state index in [9.17, 15) is 4.79 Å². The summed E-state index contributed by atoms with van der Waals surface area (Å²) in [6.45, 7) is 4.91. The molecule has 1 N–H and O–H groups in total. The quantitative estimate of drug-likeness (QED) is 0.842. The molecule has 1 aromatic rings. The summed E-state index contributed by atoms with van der Waals surface area (Å²) < 4.78 is 4.75. The second-order valence-electron chi connectivity index (χ2n) is 5.07. The molecule has 104 valence electrons. The fraction of sp³-hybridized carbons (Fsp3) is 0.533. The van der Waals surface area contributed by atoms with Crippen LogP contribution in [0.3, 0.4) is 0 Å². The maximum Gasteiger partial charge on any atom is 0.307 e. The van der Waals surface area contributed by atoms with Crippen LogP contribution >= 0.6 is 0 Å². The predicted molar refractivity (Wildman–Crippen MR) is 76.4 cm³/mol. The van der Waals surface area contributed by atoms with Gasteiger partial charge < -0.3 is 15.0 Å². The van der Waals surface area contributed by atoms with Gasteiger partial charge >= 0.3 is 5.97 Å². The van der Waals surface area contributed by atoms with Gasteiger partial charge in [0.15, 0.2) is 0 Å². The van der Waals surface area contributed by atoms with Crippen LogP contribution in [0.4, 0.5) is 5.69 Å². The summed E-state index contributed by atoms with van der Waals surface area (Å²) in [6.07, 6.45) is 1.52. The van der Waals surface area contributed by atoms with Gasteiger partial charge in [0.2, 0.25) is 0 Å². The Morgan fingerprint density at radius 2 is 2.16 bits per heavy atom. The normalized spacial score (nSPS) is 19.9. The van der Waals surface area contributed by atoms with E-state index in [1.165, 1.54) is 18.4 Å². The highest BCUT2D eigenvalue weighted by Crippen LogP contribution is 2.17. The molecule has 0 aromatic heterocycles. The smallest absolute Gasteiger partial charge is 0.307 e. The number of benzene rings is 1. The molecule has 0 aliphatic carbocycles. The zero-order valence-electron chi connectivity index (χ0n) is 11.7. The second kappa shape index (κ2) is 6.57. The number of methoxy groups -OCH3 is 1. The van der Waals surface area contributed by atoms with Crippen molar-refractivity contribution in [3.05, 3.63) is 29.8 Å². The van der Waals surface area contributed by atoms with E-state index < -0.39 is 0 Å². The van der Waals surface area contributed by atoms with Crippen molar-refractivity contribution in [3.8, 4) is 0 Å². The van der Waals surface area contributed by atoms with E-state index in [4.69, 9.17) is 4.74 Å². The number of anilines is 1. The average Bonchev–Trinajstić information content (AvgIpc) is 2.65. The van der Waals surface area contributed by atoms with Crippen LogP contribution in [-0.4, -0.2) is 38.8 Å². The maximum atomic E-state index is 11.4. The SMILES string of the molecule is COC(=O)CC1CN(c2ccc(C)cc2)CCCN1. The zero-order valence-corrected chi connectivity index (χ0v) is 11.7. The minimum Gasteiger partial charge on any atom is -0.469 e. The van der Waals surface area contributed by atoms with Crippen molar-refractivity contribution in [2.75, 3.05) is 31.6 Å². The minimum atomic E-state index is -0.150. The number of hydrogen-bond acceptors (Lipinski definition) is 4. The van der Waals surface area contributed by atoms with E-state index >= 15 is 0 Å². The van der Waals surface area contributed by atoms with Gasteiger partial charge in [-0.05, 0) is 32.0 Å². The fourth-order valence-electron chi connectivity index (χ4n) is 2.41. The van der Waals surface area contributed by atoms with Crippen molar-refractivity contribution < 1.29 is 9.53 Å². The Kier molecular flexibility index (Phi) is 4.80. The molecule has 2 rings (SSSR count). The van der Waals surface area contributed by atoms with Crippen molar-refractivity contribution in [1.29, 1.82) is 0 Å². The van der Waals surface area contributed by atoms with Crippen molar-refractivity contribution in [1.82, 2.24) is 5.32 Å². The highest BCUT2D eigenvalue weighted by atomic mass is 16.5. The molecule has 0 radical (unpaired) electrons. The van der Waals surface area contributed by atoms with Gasteiger partial charge in [-0.1, -0.05) is 17.7 Å². The molecule has 1 aromatic carbocycles. The summed E-state index contributed by atoms with van der Waals surface area (Å²) in [5.74, 6) is -0.150. The van der Waals surface area contributed by atoms with Gasteiger partial charge in [-0.2, -0.15) is 0 Å². The number of esters is 1. The number of nitrogens with one attached hydrogen (secondary N) is 1. The van der Waals surface area contributed by atoms with Crippen molar-refractivity contribution in [2.45, 2.75) is 25.8 Å². The van der Waals surface area contributed by atoms with Gasteiger partial charge in [0.1, 0.15) is 0 Å². The van der Waals surface area contributed by atoms with E-state index in [-0.39, 0.29) is 12.0 Å². The van der Waals surface area contributed by atoms with Crippen LogP contribution in [0.2, 0.25) is 0 Å². The van der Waals surface area contributed by atoms with Crippen LogP contribution in [0.25, 0.3) is 0 Å². The van der Waals surface area contributed by atoms with Crippen LogP contribution in [0.1, 0.15) is 18.4 Å². The summed E-state index contributed by atoms with van der Waals surface area (Å²) in [4.78, 5) is 13.7. The Morgan fingerprint density at radius 1 is 1.42 bits per heavy atom. The van der Waals surface area contributed by atoms with E-state index in [1.807, 2.05) is 0 Å². The molecule has 1 aliphatic heterocycles. The summed E-state index contributed by atoms with van der Waals surface area (Å²) in [6, 6.07) is 8.72. The van der Waals surface area contributed by atoms with Crippen LogP contribution in [0.5, 0.6) is 0 Å². The molecular formula is C15H22N2O2. The Labute approximate surface area is 114 Å². The van der Waals surface area contributed by atoms with Crippen LogP contribution < -0.4 is 10.2 Å². The zero-order chi connectivity index (χ0) is 13.7. The monoisotopic (exact) mass is 262 g/mol. The number of hydrogen-bond donors (Lipinski definition) is 1. The topological polar surface area (TPSA) is 41.6 Å². The summed E-state index contributed by atoms with van der Waals surface area (Å²) in [5, 5.41) is 3.42. The molecule has 1 fully saturated rings. The van der Waals surface area contributed by atoms with E-state index in [0.717, 1.165) is 26.1 Å². The Bertz CT molecular complexity index is 417. The number of ether oxygens (including phenoxy) is 1. The van der Waals surface area contributed by atoms with E-state index in [0.29, 0.717) is 6.42 Å². The number of carbonyl (C=O) groups is 1. The first-order valence-corrected chi connectivity index (χ1v) is 6.81. The fourth-order valence-corrected chi connectivity index (χ4v) is 2.41. The lowest BCUT2D eigenvalue weighted by Crippen LogP contribution is -2.39. The highest BCUT2D eigenvalue weighted by Gasteiger charge is 2.20. The lowest BCUT2D eigenvalue weighted by Gasteiger charge is -2.26. The van der Waals surface area contributed by atoms with Crippen molar-refractivity contribution in [2.24, 2.45) is 0 Å². The third-order valence-corrected chi connectivity index (χ3v) is 3.52. The van der Waals surface area contributed by atoms with Gasteiger partial charge in [-0.3, -0.25) is 4.79 Å². The first kappa shape index (κ1) is 13.9. The number of aryl methyl sites for hydroxylation is 1. The van der Waals surface area contributed by atoms with Gasteiger partial charge in [-0.25, -0.2) is 0 Å². The standard InChI is InChI=1S/C15H22N2O2/c1-12-4-6-14(7-5-12)17-9-3-8-16-13(11-17)10-15(18)19-2/h4-7,13,16H,3,8-11H2,1-2H3. The number of rotatable bonds is 3. The van der Waals surface area contributed by atoms with Gasteiger partial charge in [-0.15, -0.1) is 0 Å².